The van der Waals surface area contributed by atoms with Gasteiger partial charge in [0.15, 0.2) is 6.10 Å². The molecule has 0 unspecified atom stereocenters. The highest BCUT2D eigenvalue weighted by Gasteiger charge is 2.42. The number of aromatic nitrogens is 3. The molecule has 1 aromatic carbocycles. The summed E-state index contributed by atoms with van der Waals surface area (Å²) in [5.74, 6) is 0.510. The molecule has 1 aromatic heterocycles. The lowest BCUT2D eigenvalue weighted by atomic mass is 9.96. The van der Waals surface area contributed by atoms with Crippen molar-refractivity contribution in [1.29, 1.82) is 0 Å². The lowest BCUT2D eigenvalue weighted by Crippen LogP contribution is -2.41. The number of alkyl halides is 3. The highest BCUT2D eigenvalue weighted by Crippen LogP contribution is 2.35. The van der Waals surface area contributed by atoms with Gasteiger partial charge in [-0.3, -0.25) is 9.89 Å². The molecule has 6 nitrogen and oxygen atoms in total. The molecule has 3 rings (SSSR count). The van der Waals surface area contributed by atoms with Crippen molar-refractivity contribution in [3.05, 3.63) is 48.0 Å². The van der Waals surface area contributed by atoms with Crippen molar-refractivity contribution in [2.45, 2.75) is 31.0 Å². The second-order valence-electron chi connectivity index (χ2n) is 6.17. The number of piperidine rings is 1. The monoisotopic (exact) mass is 368 g/mol. The maximum absolute atomic E-state index is 13.2. The molecule has 1 atom stereocenters. The number of carbonyl (C=O) groups is 1. The van der Waals surface area contributed by atoms with Crippen molar-refractivity contribution in [3.8, 4) is 0 Å². The predicted molar refractivity (Wildman–Crippen MR) is 86.1 cm³/mol. The van der Waals surface area contributed by atoms with Crippen LogP contribution in [0.15, 0.2) is 36.7 Å². The molecule has 140 valence electrons. The number of nitrogens with one attached hydrogen (secondary N) is 1. The highest BCUT2D eigenvalue weighted by atomic mass is 19.4. The van der Waals surface area contributed by atoms with Gasteiger partial charge in [0.1, 0.15) is 18.8 Å². The molecule has 1 fully saturated rings. The van der Waals surface area contributed by atoms with Crippen LogP contribution < -0.4 is 0 Å². The number of H-pyrrole nitrogens is 1. The minimum Gasteiger partial charge on any atom is -0.354 e. The number of hydrogen-bond acceptors (Lipinski definition) is 4. The van der Waals surface area contributed by atoms with Crippen molar-refractivity contribution in [3.63, 3.8) is 0 Å². The van der Waals surface area contributed by atoms with E-state index in [1.54, 1.807) is 6.07 Å². The summed E-state index contributed by atoms with van der Waals surface area (Å²) in [6.45, 7) is 0.303. The predicted octanol–water partition coefficient (Wildman–Crippen LogP) is 2.83. The van der Waals surface area contributed by atoms with Crippen LogP contribution in [0.2, 0.25) is 0 Å². The normalized spacial score (nSPS) is 17.3. The summed E-state index contributed by atoms with van der Waals surface area (Å²) < 4.78 is 44.7. The van der Waals surface area contributed by atoms with Gasteiger partial charge in [-0.2, -0.15) is 18.3 Å². The summed E-state index contributed by atoms with van der Waals surface area (Å²) in [5.41, 5.74) is -0.0168. The van der Waals surface area contributed by atoms with Gasteiger partial charge in [0.2, 0.25) is 5.91 Å². The van der Waals surface area contributed by atoms with E-state index in [0.29, 0.717) is 25.9 Å². The fourth-order valence-electron chi connectivity index (χ4n) is 3.07. The Hall–Kier alpha value is -2.42. The maximum atomic E-state index is 13.2. The molecule has 0 saturated carbocycles. The number of carbonyl (C=O) groups excluding carboxylic acids is 1. The fourth-order valence-corrected chi connectivity index (χ4v) is 3.07. The Kier molecular flexibility index (Phi) is 5.55. The molecule has 1 N–H and O–H groups in total. The Morgan fingerprint density at radius 2 is 1.96 bits per heavy atom. The Morgan fingerprint density at radius 1 is 1.27 bits per heavy atom. The van der Waals surface area contributed by atoms with E-state index in [-0.39, 0.29) is 11.5 Å². The molecule has 0 radical (unpaired) electrons. The standard InChI is InChI=1S/C17H19F3N4O2/c18-17(19,20)15(12-4-2-1-3-5-12)26-10-14(25)24-8-6-13(7-9-24)16-21-11-22-23-16/h1-5,11,13,15H,6-10H2,(H,21,22,23)/t15-/m0/s1. The van der Waals surface area contributed by atoms with Crippen molar-refractivity contribution in [1.82, 2.24) is 20.1 Å². The van der Waals surface area contributed by atoms with Crippen molar-refractivity contribution in [2.75, 3.05) is 19.7 Å². The number of ether oxygens (including phenoxy) is 1. The van der Waals surface area contributed by atoms with Crippen molar-refractivity contribution in [2.24, 2.45) is 0 Å². The Morgan fingerprint density at radius 3 is 2.54 bits per heavy atom. The number of rotatable bonds is 5. The van der Waals surface area contributed by atoms with Crippen LogP contribution in [0.3, 0.4) is 0 Å². The van der Waals surface area contributed by atoms with Crippen LogP contribution in [0.25, 0.3) is 0 Å². The maximum Gasteiger partial charge on any atom is 0.418 e. The molecule has 0 spiro atoms. The van der Waals surface area contributed by atoms with Crippen LogP contribution >= 0.6 is 0 Å². The number of benzene rings is 1. The molecule has 0 aliphatic carbocycles. The lowest BCUT2D eigenvalue weighted by Gasteiger charge is -2.31. The molecule has 2 aromatic rings. The van der Waals surface area contributed by atoms with E-state index in [0.717, 1.165) is 5.82 Å². The number of aromatic amines is 1. The van der Waals surface area contributed by atoms with E-state index in [9.17, 15) is 18.0 Å². The van der Waals surface area contributed by atoms with E-state index in [1.807, 2.05) is 0 Å². The van der Waals surface area contributed by atoms with Crippen LogP contribution in [0.1, 0.15) is 36.3 Å². The number of halogens is 3. The third kappa shape index (κ3) is 4.40. The molecule has 9 heteroatoms. The summed E-state index contributed by atoms with van der Waals surface area (Å²) in [7, 11) is 0. The zero-order chi connectivity index (χ0) is 18.6. The molecule has 1 saturated heterocycles. The van der Waals surface area contributed by atoms with E-state index in [2.05, 4.69) is 15.2 Å². The summed E-state index contributed by atoms with van der Waals surface area (Å²) >= 11 is 0. The van der Waals surface area contributed by atoms with E-state index in [4.69, 9.17) is 4.74 Å². The van der Waals surface area contributed by atoms with Crippen LogP contribution in [-0.2, 0) is 9.53 Å². The molecule has 1 amide bonds. The molecule has 2 heterocycles. The van der Waals surface area contributed by atoms with E-state index >= 15 is 0 Å². The molecular weight excluding hydrogens is 349 g/mol. The Labute approximate surface area is 148 Å². The lowest BCUT2D eigenvalue weighted by molar-refractivity contribution is -0.224. The van der Waals surface area contributed by atoms with Gasteiger partial charge in [-0.1, -0.05) is 30.3 Å². The van der Waals surface area contributed by atoms with Gasteiger partial charge < -0.3 is 9.64 Å². The first-order valence-electron chi connectivity index (χ1n) is 8.31. The average Bonchev–Trinajstić information content (AvgIpc) is 3.16. The van der Waals surface area contributed by atoms with Gasteiger partial charge in [0.25, 0.3) is 0 Å². The topological polar surface area (TPSA) is 71.1 Å². The average molecular weight is 368 g/mol. The minimum atomic E-state index is -4.58. The Bertz CT molecular complexity index is 699. The summed E-state index contributed by atoms with van der Waals surface area (Å²) in [4.78, 5) is 17.9. The van der Waals surface area contributed by atoms with Crippen LogP contribution in [0.5, 0.6) is 0 Å². The third-order valence-electron chi connectivity index (χ3n) is 4.44. The third-order valence-corrected chi connectivity index (χ3v) is 4.44. The van der Waals surface area contributed by atoms with Crippen LogP contribution in [0.4, 0.5) is 13.2 Å². The largest absolute Gasteiger partial charge is 0.418 e. The number of amides is 1. The van der Waals surface area contributed by atoms with Crippen molar-refractivity contribution >= 4 is 5.91 Å². The zero-order valence-electron chi connectivity index (χ0n) is 13.9. The molecule has 1 aliphatic rings. The second-order valence-corrected chi connectivity index (χ2v) is 6.17. The van der Waals surface area contributed by atoms with Gasteiger partial charge in [0.05, 0.1) is 0 Å². The van der Waals surface area contributed by atoms with Crippen LogP contribution in [-0.4, -0.2) is 51.9 Å². The minimum absolute atomic E-state index is 0.0168. The van der Waals surface area contributed by atoms with Gasteiger partial charge in [-0.15, -0.1) is 0 Å². The highest BCUT2D eigenvalue weighted by molar-refractivity contribution is 5.77. The number of hydrogen-bond donors (Lipinski definition) is 1. The van der Waals surface area contributed by atoms with Gasteiger partial charge in [-0.25, -0.2) is 4.98 Å². The first-order valence-corrected chi connectivity index (χ1v) is 8.31. The molecule has 1 aliphatic heterocycles. The van der Waals surface area contributed by atoms with Crippen LogP contribution in [0, 0.1) is 0 Å². The zero-order valence-corrected chi connectivity index (χ0v) is 13.9. The first kappa shape index (κ1) is 18.4. The quantitative estimate of drug-likeness (QED) is 0.881. The van der Waals surface area contributed by atoms with Gasteiger partial charge in [0, 0.05) is 19.0 Å². The van der Waals surface area contributed by atoms with Crippen molar-refractivity contribution < 1.29 is 22.7 Å². The molecule has 0 bridgehead atoms. The molecular formula is C17H19F3N4O2. The first-order chi connectivity index (χ1) is 12.4. The van der Waals surface area contributed by atoms with Gasteiger partial charge >= 0.3 is 6.18 Å². The second kappa shape index (κ2) is 7.86. The summed E-state index contributed by atoms with van der Waals surface area (Å²) in [6, 6.07) is 7.32. The number of nitrogens with zero attached hydrogens (tertiary/aromatic N) is 3. The Balaban J connectivity index is 1.54. The smallest absolute Gasteiger partial charge is 0.354 e. The van der Waals surface area contributed by atoms with E-state index < -0.39 is 24.8 Å². The fraction of sp³-hybridized carbons (Fsp3) is 0.471. The SMILES string of the molecule is O=C(CO[C@@H](c1ccccc1)C(F)(F)F)N1CCC(c2ncn[nH]2)CC1. The number of likely N-dealkylation sites (tertiary alicyclic amines) is 1. The van der Waals surface area contributed by atoms with Gasteiger partial charge in [-0.05, 0) is 18.4 Å². The van der Waals surface area contributed by atoms with E-state index in [1.165, 1.54) is 35.5 Å². The molecule has 26 heavy (non-hydrogen) atoms. The summed E-state index contributed by atoms with van der Waals surface area (Å²) in [6.07, 6.45) is -3.90. The summed E-state index contributed by atoms with van der Waals surface area (Å²) in [5, 5.41) is 6.62.